The van der Waals surface area contributed by atoms with Gasteiger partial charge in [-0.3, -0.25) is 0 Å². The van der Waals surface area contributed by atoms with Crippen molar-refractivity contribution in [2.45, 2.75) is 58.2 Å². The van der Waals surface area contributed by atoms with Crippen molar-refractivity contribution in [2.75, 3.05) is 13.2 Å². The number of hydrogen-bond donors (Lipinski definition) is 0. The average Bonchev–Trinajstić information content (AvgIpc) is 2.96. The maximum absolute atomic E-state index is 11.6. The number of rotatable bonds is 8. The Hall–Kier alpha value is -1.98. The van der Waals surface area contributed by atoms with Gasteiger partial charge in [-0.1, -0.05) is 27.0 Å². The van der Waals surface area contributed by atoms with Gasteiger partial charge in [-0.05, 0) is 43.3 Å². The van der Waals surface area contributed by atoms with Crippen molar-refractivity contribution in [1.82, 2.24) is 0 Å². The van der Waals surface area contributed by atoms with Gasteiger partial charge in [0.25, 0.3) is 0 Å². The van der Waals surface area contributed by atoms with E-state index in [2.05, 4.69) is 13.2 Å². The van der Waals surface area contributed by atoms with Gasteiger partial charge in [0.15, 0.2) is 0 Å². The Morgan fingerprint density at radius 1 is 0.870 bits per heavy atom. The molecule has 1 saturated carbocycles. The third-order valence-corrected chi connectivity index (χ3v) is 3.68. The molecule has 0 N–H and O–H groups in total. The highest BCUT2D eigenvalue weighted by atomic mass is 16.8. The highest BCUT2D eigenvalue weighted by Crippen LogP contribution is 2.26. The number of carbonyl (C=O) groups is 2. The molecule has 6 heteroatoms. The minimum atomic E-state index is -0.771. The Labute approximate surface area is 137 Å². The Bertz CT molecular complexity index is 402. The van der Waals surface area contributed by atoms with Gasteiger partial charge in [0.1, 0.15) is 25.4 Å². The van der Waals surface area contributed by atoms with Crippen molar-refractivity contribution in [3.05, 3.63) is 24.3 Å². The van der Waals surface area contributed by atoms with Crippen LogP contribution in [0.25, 0.3) is 0 Å². The molecule has 6 nitrogen and oxygen atoms in total. The molecule has 0 amide bonds. The van der Waals surface area contributed by atoms with Crippen LogP contribution in [0.4, 0.5) is 9.59 Å². The Morgan fingerprint density at radius 3 is 1.61 bits per heavy atom. The molecule has 0 aliphatic heterocycles. The minimum absolute atomic E-state index is 0.134. The van der Waals surface area contributed by atoms with Gasteiger partial charge >= 0.3 is 12.3 Å². The molecular formula is C17H26O6. The summed E-state index contributed by atoms with van der Waals surface area (Å²) in [5, 5.41) is 0. The lowest BCUT2D eigenvalue weighted by molar-refractivity contribution is -0.0404. The lowest BCUT2D eigenvalue weighted by Gasteiger charge is -2.20. The summed E-state index contributed by atoms with van der Waals surface area (Å²) in [5.41, 5.74) is 1.61. The molecule has 130 valence electrons. The first-order valence-corrected chi connectivity index (χ1v) is 7.96. The van der Waals surface area contributed by atoms with Gasteiger partial charge in [-0.2, -0.15) is 0 Å². The van der Waals surface area contributed by atoms with E-state index in [1.165, 1.54) is 0 Å². The molecule has 0 heterocycles. The Balaban J connectivity index is 2.35. The van der Waals surface area contributed by atoms with E-state index in [1.54, 1.807) is 0 Å². The van der Waals surface area contributed by atoms with E-state index in [1.807, 2.05) is 13.8 Å². The van der Waals surface area contributed by atoms with Crippen molar-refractivity contribution in [1.29, 1.82) is 0 Å². The van der Waals surface area contributed by atoms with E-state index in [0.717, 1.165) is 30.4 Å². The Morgan fingerprint density at radius 2 is 1.26 bits per heavy atom. The van der Waals surface area contributed by atoms with E-state index in [0.29, 0.717) is 12.8 Å². The Kier molecular flexibility index (Phi) is 8.22. The molecule has 2 atom stereocenters. The predicted molar refractivity (Wildman–Crippen MR) is 85.2 cm³/mol. The van der Waals surface area contributed by atoms with Crippen LogP contribution in [0.3, 0.4) is 0 Å². The number of ether oxygens (including phenoxy) is 4. The molecule has 23 heavy (non-hydrogen) atoms. The van der Waals surface area contributed by atoms with Crippen LogP contribution in [0.1, 0.15) is 46.0 Å². The average molecular weight is 326 g/mol. The largest absolute Gasteiger partial charge is 0.509 e. The molecular weight excluding hydrogens is 300 g/mol. The molecule has 2 unspecified atom stereocenters. The summed E-state index contributed by atoms with van der Waals surface area (Å²) in [5.74, 6) is 0. The van der Waals surface area contributed by atoms with Crippen LogP contribution in [0.15, 0.2) is 24.3 Å². The predicted octanol–water partition coefficient (Wildman–Crippen LogP) is 4.15. The van der Waals surface area contributed by atoms with Crippen LogP contribution in [-0.4, -0.2) is 37.7 Å². The molecule has 1 fully saturated rings. The van der Waals surface area contributed by atoms with E-state index in [-0.39, 0.29) is 13.2 Å². The fraction of sp³-hybridized carbons (Fsp3) is 0.647. The fourth-order valence-electron chi connectivity index (χ4n) is 2.00. The van der Waals surface area contributed by atoms with Gasteiger partial charge in [0.2, 0.25) is 0 Å². The maximum Gasteiger partial charge on any atom is 0.509 e. The standard InChI is InChI=1S/C17H26O6/c1-5-12(3)10-20-16(18)22-14-8-7-9-15(14)23-17(19)21-11-13(4)6-2/h14-15H,3-11H2,1-2H3. The zero-order chi connectivity index (χ0) is 17.2. The molecule has 0 aromatic heterocycles. The van der Waals surface area contributed by atoms with Gasteiger partial charge in [-0.25, -0.2) is 9.59 Å². The zero-order valence-corrected chi connectivity index (χ0v) is 14.0. The van der Waals surface area contributed by atoms with E-state index in [9.17, 15) is 9.59 Å². The lowest BCUT2D eigenvalue weighted by Crippen LogP contribution is -2.31. The maximum atomic E-state index is 11.6. The van der Waals surface area contributed by atoms with Crippen LogP contribution in [-0.2, 0) is 18.9 Å². The molecule has 1 aliphatic carbocycles. The molecule has 0 radical (unpaired) electrons. The van der Waals surface area contributed by atoms with Crippen LogP contribution < -0.4 is 0 Å². The fourth-order valence-corrected chi connectivity index (χ4v) is 2.00. The van der Waals surface area contributed by atoms with Crippen molar-refractivity contribution in [3.8, 4) is 0 Å². The van der Waals surface area contributed by atoms with Crippen LogP contribution in [0, 0.1) is 0 Å². The highest BCUT2D eigenvalue weighted by Gasteiger charge is 2.34. The third-order valence-electron chi connectivity index (χ3n) is 3.68. The van der Waals surface area contributed by atoms with Gasteiger partial charge < -0.3 is 18.9 Å². The molecule has 0 aromatic carbocycles. The lowest BCUT2D eigenvalue weighted by atomic mass is 10.2. The first-order valence-electron chi connectivity index (χ1n) is 7.96. The van der Waals surface area contributed by atoms with Crippen LogP contribution in [0.2, 0.25) is 0 Å². The normalized spacial score (nSPS) is 19.7. The number of hydrogen-bond acceptors (Lipinski definition) is 6. The zero-order valence-electron chi connectivity index (χ0n) is 14.0. The first kappa shape index (κ1) is 19.1. The summed E-state index contributed by atoms with van der Waals surface area (Å²) in [6.07, 6.45) is 0.986. The summed E-state index contributed by atoms with van der Waals surface area (Å²) in [6.45, 7) is 11.6. The third kappa shape index (κ3) is 7.21. The van der Waals surface area contributed by atoms with Crippen molar-refractivity contribution in [3.63, 3.8) is 0 Å². The van der Waals surface area contributed by atoms with E-state index >= 15 is 0 Å². The topological polar surface area (TPSA) is 71.1 Å². The monoisotopic (exact) mass is 326 g/mol. The summed E-state index contributed by atoms with van der Waals surface area (Å²) in [6, 6.07) is 0. The van der Waals surface area contributed by atoms with Gasteiger partial charge in [0.05, 0.1) is 0 Å². The van der Waals surface area contributed by atoms with Gasteiger partial charge in [-0.15, -0.1) is 0 Å². The molecule has 0 saturated heterocycles. The van der Waals surface area contributed by atoms with E-state index < -0.39 is 24.5 Å². The molecule has 0 spiro atoms. The summed E-state index contributed by atoms with van der Waals surface area (Å²) in [7, 11) is 0. The quantitative estimate of drug-likeness (QED) is 0.493. The second kappa shape index (κ2) is 9.92. The molecule has 1 rings (SSSR count). The number of carbonyl (C=O) groups excluding carboxylic acids is 2. The van der Waals surface area contributed by atoms with Crippen LogP contribution in [0.5, 0.6) is 0 Å². The molecule has 1 aliphatic rings. The van der Waals surface area contributed by atoms with Crippen molar-refractivity contribution >= 4 is 12.3 Å². The molecule has 0 aromatic rings. The smallest absolute Gasteiger partial charge is 0.430 e. The van der Waals surface area contributed by atoms with Crippen LogP contribution >= 0.6 is 0 Å². The summed E-state index contributed by atoms with van der Waals surface area (Å²) < 4.78 is 20.3. The SMILES string of the molecule is C=C(CC)COC(=O)OC1CCCC1OC(=O)OCC(=C)CC. The van der Waals surface area contributed by atoms with Crippen molar-refractivity contribution < 1.29 is 28.5 Å². The first-order chi connectivity index (χ1) is 11.0. The molecule has 0 bridgehead atoms. The second-order valence-corrected chi connectivity index (χ2v) is 5.53. The summed E-state index contributed by atoms with van der Waals surface area (Å²) >= 11 is 0. The minimum Gasteiger partial charge on any atom is -0.430 e. The summed E-state index contributed by atoms with van der Waals surface area (Å²) in [4.78, 5) is 23.3. The van der Waals surface area contributed by atoms with Gasteiger partial charge in [0, 0.05) is 0 Å². The second-order valence-electron chi connectivity index (χ2n) is 5.53. The van der Waals surface area contributed by atoms with Crippen molar-refractivity contribution in [2.24, 2.45) is 0 Å². The highest BCUT2D eigenvalue weighted by molar-refractivity contribution is 5.61. The van der Waals surface area contributed by atoms with E-state index in [4.69, 9.17) is 18.9 Å².